The van der Waals surface area contributed by atoms with Crippen LogP contribution >= 0.6 is 0 Å². The molecule has 1 atom stereocenters. The SMILES string of the molecule is CCOc1ccc(S(=O)(=O)N2CCCC(Oc3cc(C)nc(C)n3)C2)cc1F. The highest BCUT2D eigenvalue weighted by molar-refractivity contribution is 7.89. The van der Waals surface area contributed by atoms with Crippen LogP contribution in [0, 0.1) is 19.7 Å². The largest absolute Gasteiger partial charge is 0.491 e. The Bertz CT molecular complexity index is 932. The third-order valence-electron chi connectivity index (χ3n) is 4.41. The second kappa shape index (κ2) is 8.40. The molecule has 1 aromatic carbocycles. The summed E-state index contributed by atoms with van der Waals surface area (Å²) in [5.41, 5.74) is 0.785. The van der Waals surface area contributed by atoms with E-state index in [9.17, 15) is 12.8 Å². The van der Waals surface area contributed by atoms with Crippen LogP contribution < -0.4 is 9.47 Å². The number of aryl methyl sites for hydroxylation is 2. The third-order valence-corrected chi connectivity index (χ3v) is 6.27. The Morgan fingerprint density at radius 2 is 2.04 bits per heavy atom. The van der Waals surface area contributed by atoms with Gasteiger partial charge in [-0.05, 0) is 51.8 Å². The van der Waals surface area contributed by atoms with Crippen LogP contribution in [0.25, 0.3) is 0 Å². The summed E-state index contributed by atoms with van der Waals surface area (Å²) in [6.45, 7) is 6.20. The number of sulfonamides is 1. The Labute approximate surface area is 164 Å². The summed E-state index contributed by atoms with van der Waals surface area (Å²) in [5, 5.41) is 0. The molecule has 9 heteroatoms. The Morgan fingerprint density at radius 3 is 2.71 bits per heavy atom. The minimum absolute atomic E-state index is 0.0378. The van der Waals surface area contributed by atoms with E-state index in [4.69, 9.17) is 9.47 Å². The Kier molecular flexibility index (Phi) is 6.14. The van der Waals surface area contributed by atoms with Gasteiger partial charge in [-0.25, -0.2) is 17.8 Å². The maximum absolute atomic E-state index is 14.1. The normalized spacial score (nSPS) is 18.1. The maximum atomic E-state index is 14.1. The molecule has 0 saturated carbocycles. The second-order valence-electron chi connectivity index (χ2n) is 6.67. The van der Waals surface area contributed by atoms with Gasteiger partial charge in [-0.3, -0.25) is 0 Å². The summed E-state index contributed by atoms with van der Waals surface area (Å²) < 4.78 is 52.4. The molecule has 1 aliphatic heterocycles. The number of hydrogen-bond acceptors (Lipinski definition) is 6. The van der Waals surface area contributed by atoms with Gasteiger partial charge in [0.15, 0.2) is 11.6 Å². The van der Waals surface area contributed by atoms with E-state index in [-0.39, 0.29) is 23.3 Å². The van der Waals surface area contributed by atoms with Gasteiger partial charge in [0.25, 0.3) is 0 Å². The van der Waals surface area contributed by atoms with Crippen molar-refractivity contribution in [1.82, 2.24) is 14.3 Å². The summed E-state index contributed by atoms with van der Waals surface area (Å²) in [4.78, 5) is 8.36. The van der Waals surface area contributed by atoms with Gasteiger partial charge in [-0.1, -0.05) is 0 Å². The first kappa shape index (κ1) is 20.5. The van der Waals surface area contributed by atoms with Crippen LogP contribution in [-0.2, 0) is 10.0 Å². The van der Waals surface area contributed by atoms with Crippen molar-refractivity contribution in [1.29, 1.82) is 0 Å². The third kappa shape index (κ3) is 4.59. The Morgan fingerprint density at radius 1 is 1.25 bits per heavy atom. The van der Waals surface area contributed by atoms with E-state index < -0.39 is 15.8 Å². The highest BCUT2D eigenvalue weighted by atomic mass is 32.2. The summed E-state index contributed by atoms with van der Waals surface area (Å²) in [5.74, 6) is 0.372. The van der Waals surface area contributed by atoms with Crippen LogP contribution in [0.15, 0.2) is 29.2 Å². The van der Waals surface area contributed by atoms with Crippen molar-refractivity contribution >= 4 is 10.0 Å². The molecule has 2 aromatic rings. The first-order chi connectivity index (χ1) is 13.3. The summed E-state index contributed by atoms with van der Waals surface area (Å²) in [7, 11) is -3.83. The second-order valence-corrected chi connectivity index (χ2v) is 8.60. The zero-order valence-corrected chi connectivity index (χ0v) is 17.0. The highest BCUT2D eigenvalue weighted by Crippen LogP contribution is 2.26. The number of nitrogens with zero attached hydrogens (tertiary/aromatic N) is 3. The van der Waals surface area contributed by atoms with E-state index in [1.807, 2.05) is 6.92 Å². The number of hydrogen-bond donors (Lipinski definition) is 0. The lowest BCUT2D eigenvalue weighted by atomic mass is 10.1. The average molecular weight is 409 g/mol. The van der Waals surface area contributed by atoms with Gasteiger partial charge in [-0.2, -0.15) is 9.29 Å². The predicted octanol–water partition coefficient (Wildman–Crippen LogP) is 2.86. The van der Waals surface area contributed by atoms with Gasteiger partial charge in [0.1, 0.15) is 11.9 Å². The van der Waals surface area contributed by atoms with E-state index in [0.29, 0.717) is 37.7 Å². The fraction of sp³-hybridized carbons (Fsp3) is 0.474. The molecule has 0 N–H and O–H groups in total. The van der Waals surface area contributed by atoms with Crippen LogP contribution in [0.1, 0.15) is 31.3 Å². The van der Waals surface area contributed by atoms with E-state index in [2.05, 4.69) is 9.97 Å². The summed E-state index contributed by atoms with van der Waals surface area (Å²) >= 11 is 0. The van der Waals surface area contributed by atoms with Crippen LogP contribution in [0.3, 0.4) is 0 Å². The van der Waals surface area contributed by atoms with Gasteiger partial charge in [-0.15, -0.1) is 0 Å². The van der Waals surface area contributed by atoms with Crippen molar-refractivity contribution in [3.8, 4) is 11.6 Å². The molecule has 7 nitrogen and oxygen atoms in total. The van der Waals surface area contributed by atoms with Crippen LogP contribution in [0.2, 0.25) is 0 Å². The van der Waals surface area contributed by atoms with Crippen molar-refractivity contribution in [3.05, 3.63) is 41.6 Å². The first-order valence-electron chi connectivity index (χ1n) is 9.21. The zero-order chi connectivity index (χ0) is 20.3. The van der Waals surface area contributed by atoms with Gasteiger partial charge in [0.2, 0.25) is 15.9 Å². The monoisotopic (exact) mass is 409 g/mol. The summed E-state index contributed by atoms with van der Waals surface area (Å²) in [6, 6.07) is 5.44. The molecule has 28 heavy (non-hydrogen) atoms. The molecule has 152 valence electrons. The fourth-order valence-corrected chi connectivity index (χ4v) is 4.72. The maximum Gasteiger partial charge on any atom is 0.243 e. The van der Waals surface area contributed by atoms with E-state index in [1.165, 1.54) is 16.4 Å². The number of aromatic nitrogens is 2. The minimum Gasteiger partial charge on any atom is -0.491 e. The Balaban J connectivity index is 1.76. The van der Waals surface area contributed by atoms with E-state index >= 15 is 0 Å². The smallest absolute Gasteiger partial charge is 0.243 e. The first-order valence-corrected chi connectivity index (χ1v) is 10.6. The van der Waals surface area contributed by atoms with Crippen molar-refractivity contribution < 1.29 is 22.3 Å². The standard InChI is InChI=1S/C19H24FN3O4S/c1-4-26-18-8-7-16(11-17(18)20)28(24,25)23-9-5-6-15(12-23)27-19-10-13(2)21-14(3)22-19/h7-8,10-11,15H,4-6,9,12H2,1-3H3. The van der Waals surface area contributed by atoms with E-state index in [0.717, 1.165) is 11.8 Å². The molecule has 1 unspecified atom stereocenters. The number of halogens is 1. The van der Waals surface area contributed by atoms with Gasteiger partial charge in [0.05, 0.1) is 18.0 Å². The van der Waals surface area contributed by atoms with Crippen LogP contribution in [0.5, 0.6) is 11.6 Å². The predicted molar refractivity (Wildman–Crippen MR) is 101 cm³/mol. The topological polar surface area (TPSA) is 81.6 Å². The Hall–Kier alpha value is -2.26. The quantitative estimate of drug-likeness (QED) is 0.730. The average Bonchev–Trinajstić information content (AvgIpc) is 2.63. The number of benzene rings is 1. The molecule has 0 bridgehead atoms. The van der Waals surface area contributed by atoms with Crippen LogP contribution in [-0.4, -0.2) is 48.5 Å². The molecular formula is C19H24FN3O4S. The highest BCUT2D eigenvalue weighted by Gasteiger charge is 2.32. The molecule has 0 spiro atoms. The van der Waals surface area contributed by atoms with Crippen molar-refractivity contribution in [2.75, 3.05) is 19.7 Å². The number of piperidine rings is 1. The molecule has 1 fully saturated rings. The van der Waals surface area contributed by atoms with Crippen LogP contribution in [0.4, 0.5) is 4.39 Å². The van der Waals surface area contributed by atoms with E-state index in [1.54, 1.807) is 19.9 Å². The lowest BCUT2D eigenvalue weighted by Gasteiger charge is -2.32. The molecule has 1 aromatic heterocycles. The van der Waals surface area contributed by atoms with Crippen molar-refractivity contribution in [3.63, 3.8) is 0 Å². The lowest BCUT2D eigenvalue weighted by molar-refractivity contribution is 0.124. The van der Waals surface area contributed by atoms with Gasteiger partial charge < -0.3 is 9.47 Å². The van der Waals surface area contributed by atoms with Gasteiger partial charge in [0, 0.05) is 18.3 Å². The fourth-order valence-electron chi connectivity index (χ4n) is 3.20. The van der Waals surface area contributed by atoms with Gasteiger partial charge >= 0.3 is 0 Å². The molecule has 0 aliphatic carbocycles. The molecule has 1 saturated heterocycles. The van der Waals surface area contributed by atoms with Crippen molar-refractivity contribution in [2.24, 2.45) is 0 Å². The zero-order valence-electron chi connectivity index (χ0n) is 16.2. The number of rotatable bonds is 6. The molecule has 0 amide bonds. The minimum atomic E-state index is -3.83. The summed E-state index contributed by atoms with van der Waals surface area (Å²) in [6.07, 6.45) is 1.03. The number of ether oxygens (including phenoxy) is 2. The molecule has 2 heterocycles. The molecule has 1 aliphatic rings. The lowest BCUT2D eigenvalue weighted by Crippen LogP contribution is -2.44. The molecular weight excluding hydrogens is 385 g/mol. The van der Waals surface area contributed by atoms with Crippen molar-refractivity contribution in [2.45, 2.75) is 44.6 Å². The molecule has 3 rings (SSSR count). The molecule has 0 radical (unpaired) electrons.